The van der Waals surface area contributed by atoms with Crippen molar-refractivity contribution < 1.29 is 23.0 Å². The lowest BCUT2D eigenvalue weighted by atomic mass is 10.0. The summed E-state index contributed by atoms with van der Waals surface area (Å²) in [5.74, 6) is 0.773. The van der Waals surface area contributed by atoms with Gasteiger partial charge in [0.15, 0.2) is 11.5 Å². The summed E-state index contributed by atoms with van der Waals surface area (Å²) < 4.78 is 39.5. The Balaban J connectivity index is 1.96. The van der Waals surface area contributed by atoms with Crippen LogP contribution in [-0.2, 0) is 4.74 Å². The predicted octanol–water partition coefficient (Wildman–Crippen LogP) is 3.14. The molecule has 2 rings (SSSR count). The summed E-state index contributed by atoms with van der Waals surface area (Å²) in [6, 6.07) is 4.91. The first-order chi connectivity index (χ1) is 9.69. The molecule has 0 radical (unpaired) electrons. The molecule has 112 valence electrons. The maximum atomic E-state index is 12.3. The SMILES string of the molecule is COc1ccc(NCC2CCCOC2)cc1OC(F)F. The van der Waals surface area contributed by atoms with Crippen molar-refractivity contribution in [3.8, 4) is 11.5 Å². The maximum absolute atomic E-state index is 12.3. The molecular formula is C14H19F2NO3. The summed E-state index contributed by atoms with van der Waals surface area (Å²) in [4.78, 5) is 0. The van der Waals surface area contributed by atoms with Gasteiger partial charge < -0.3 is 19.5 Å². The summed E-state index contributed by atoms with van der Waals surface area (Å²) in [6.45, 7) is -0.555. The van der Waals surface area contributed by atoms with Gasteiger partial charge in [-0.1, -0.05) is 0 Å². The van der Waals surface area contributed by atoms with Gasteiger partial charge in [-0.2, -0.15) is 8.78 Å². The number of hydrogen-bond acceptors (Lipinski definition) is 4. The Morgan fingerprint density at radius 1 is 1.40 bits per heavy atom. The van der Waals surface area contributed by atoms with Crippen LogP contribution in [0.5, 0.6) is 11.5 Å². The first-order valence-electron chi connectivity index (χ1n) is 6.63. The van der Waals surface area contributed by atoms with E-state index in [4.69, 9.17) is 9.47 Å². The predicted molar refractivity (Wildman–Crippen MR) is 71.7 cm³/mol. The van der Waals surface area contributed by atoms with E-state index >= 15 is 0 Å². The molecule has 1 fully saturated rings. The van der Waals surface area contributed by atoms with Crippen molar-refractivity contribution in [2.24, 2.45) is 5.92 Å². The standard InChI is InChI=1S/C14H19F2NO3/c1-18-12-5-4-11(7-13(12)20-14(15)16)17-8-10-3-2-6-19-9-10/h4-5,7,10,14,17H,2-3,6,8-9H2,1H3. The van der Waals surface area contributed by atoms with E-state index in [1.165, 1.54) is 13.2 Å². The van der Waals surface area contributed by atoms with Gasteiger partial charge in [0.2, 0.25) is 0 Å². The van der Waals surface area contributed by atoms with Gasteiger partial charge in [0.05, 0.1) is 13.7 Å². The average Bonchev–Trinajstić information content (AvgIpc) is 2.46. The van der Waals surface area contributed by atoms with E-state index < -0.39 is 6.61 Å². The molecule has 1 aliphatic rings. The van der Waals surface area contributed by atoms with E-state index in [2.05, 4.69) is 10.1 Å². The minimum atomic E-state index is -2.87. The molecule has 1 N–H and O–H groups in total. The van der Waals surface area contributed by atoms with Crippen LogP contribution in [0.1, 0.15) is 12.8 Å². The third kappa shape index (κ3) is 4.23. The molecule has 6 heteroatoms. The zero-order valence-electron chi connectivity index (χ0n) is 11.4. The molecule has 0 bridgehead atoms. The molecule has 0 saturated carbocycles. The smallest absolute Gasteiger partial charge is 0.387 e. The average molecular weight is 287 g/mol. The van der Waals surface area contributed by atoms with E-state index in [1.807, 2.05) is 0 Å². The first kappa shape index (κ1) is 14.8. The van der Waals surface area contributed by atoms with Crippen LogP contribution in [-0.4, -0.2) is 33.5 Å². The first-order valence-corrected chi connectivity index (χ1v) is 6.63. The fourth-order valence-corrected chi connectivity index (χ4v) is 2.21. The van der Waals surface area contributed by atoms with E-state index in [0.29, 0.717) is 5.92 Å². The molecular weight excluding hydrogens is 268 g/mol. The monoisotopic (exact) mass is 287 g/mol. The largest absolute Gasteiger partial charge is 0.493 e. The third-order valence-corrected chi connectivity index (χ3v) is 3.23. The Hall–Kier alpha value is -1.56. The quantitative estimate of drug-likeness (QED) is 0.872. The van der Waals surface area contributed by atoms with Crippen LogP contribution in [0, 0.1) is 5.92 Å². The van der Waals surface area contributed by atoms with Gasteiger partial charge in [-0.3, -0.25) is 0 Å². The Morgan fingerprint density at radius 2 is 2.25 bits per heavy atom. The summed E-state index contributed by atoms with van der Waals surface area (Å²) >= 11 is 0. The number of ether oxygens (including phenoxy) is 3. The molecule has 1 aliphatic heterocycles. The fourth-order valence-electron chi connectivity index (χ4n) is 2.21. The summed E-state index contributed by atoms with van der Waals surface area (Å²) in [6.07, 6.45) is 2.18. The van der Waals surface area contributed by atoms with Crippen LogP contribution in [0.3, 0.4) is 0 Å². The zero-order chi connectivity index (χ0) is 14.4. The topological polar surface area (TPSA) is 39.7 Å². The number of nitrogens with one attached hydrogen (secondary N) is 1. The lowest BCUT2D eigenvalue weighted by molar-refractivity contribution is -0.0511. The second-order valence-corrected chi connectivity index (χ2v) is 4.71. The molecule has 1 heterocycles. The van der Waals surface area contributed by atoms with Crippen LogP contribution >= 0.6 is 0 Å². The second kappa shape index (κ2) is 7.28. The van der Waals surface area contributed by atoms with E-state index in [0.717, 1.165) is 38.3 Å². The molecule has 1 aromatic carbocycles. The number of methoxy groups -OCH3 is 1. The van der Waals surface area contributed by atoms with Crippen molar-refractivity contribution in [1.29, 1.82) is 0 Å². The molecule has 0 spiro atoms. The zero-order valence-corrected chi connectivity index (χ0v) is 11.4. The molecule has 1 saturated heterocycles. The summed E-state index contributed by atoms with van der Waals surface area (Å²) in [5, 5.41) is 3.22. The Kier molecular flexibility index (Phi) is 5.40. The third-order valence-electron chi connectivity index (χ3n) is 3.23. The van der Waals surface area contributed by atoms with E-state index in [-0.39, 0.29) is 11.5 Å². The van der Waals surface area contributed by atoms with E-state index in [9.17, 15) is 8.78 Å². The number of rotatable bonds is 6. The Bertz CT molecular complexity index is 423. The molecule has 0 amide bonds. The highest BCUT2D eigenvalue weighted by Crippen LogP contribution is 2.31. The fraction of sp³-hybridized carbons (Fsp3) is 0.571. The van der Waals surface area contributed by atoms with Crippen LogP contribution < -0.4 is 14.8 Å². The van der Waals surface area contributed by atoms with Crippen LogP contribution in [0.25, 0.3) is 0 Å². The highest BCUT2D eigenvalue weighted by molar-refractivity contribution is 5.54. The number of halogens is 2. The van der Waals surface area contributed by atoms with Crippen molar-refractivity contribution in [2.45, 2.75) is 19.5 Å². The van der Waals surface area contributed by atoms with Gasteiger partial charge in [0.25, 0.3) is 0 Å². The molecule has 1 unspecified atom stereocenters. The van der Waals surface area contributed by atoms with Gasteiger partial charge in [-0.05, 0) is 30.9 Å². The normalized spacial score (nSPS) is 18.9. The van der Waals surface area contributed by atoms with Crippen molar-refractivity contribution >= 4 is 5.69 Å². The highest BCUT2D eigenvalue weighted by atomic mass is 19.3. The molecule has 0 aromatic heterocycles. The molecule has 0 aliphatic carbocycles. The lowest BCUT2D eigenvalue weighted by Crippen LogP contribution is -2.24. The van der Waals surface area contributed by atoms with Gasteiger partial charge in [0.1, 0.15) is 0 Å². The number of hydrogen-bond donors (Lipinski definition) is 1. The van der Waals surface area contributed by atoms with Crippen molar-refractivity contribution in [3.05, 3.63) is 18.2 Å². The van der Waals surface area contributed by atoms with Crippen molar-refractivity contribution in [2.75, 3.05) is 32.2 Å². The van der Waals surface area contributed by atoms with Gasteiger partial charge >= 0.3 is 6.61 Å². The van der Waals surface area contributed by atoms with Gasteiger partial charge in [0, 0.05) is 24.9 Å². The molecule has 1 atom stereocenters. The maximum Gasteiger partial charge on any atom is 0.387 e. The number of benzene rings is 1. The van der Waals surface area contributed by atoms with Gasteiger partial charge in [-0.25, -0.2) is 0 Å². The Morgan fingerprint density at radius 3 is 2.90 bits per heavy atom. The van der Waals surface area contributed by atoms with Crippen LogP contribution in [0.15, 0.2) is 18.2 Å². The van der Waals surface area contributed by atoms with E-state index in [1.54, 1.807) is 12.1 Å². The minimum absolute atomic E-state index is 0.0346. The van der Waals surface area contributed by atoms with Crippen LogP contribution in [0.2, 0.25) is 0 Å². The highest BCUT2D eigenvalue weighted by Gasteiger charge is 2.15. The minimum Gasteiger partial charge on any atom is -0.493 e. The number of alkyl halides is 2. The Labute approximate surface area is 117 Å². The number of anilines is 1. The molecule has 1 aromatic rings. The molecule has 20 heavy (non-hydrogen) atoms. The van der Waals surface area contributed by atoms with Gasteiger partial charge in [-0.15, -0.1) is 0 Å². The summed E-state index contributed by atoms with van der Waals surface area (Å²) in [5.41, 5.74) is 0.729. The second-order valence-electron chi connectivity index (χ2n) is 4.71. The van der Waals surface area contributed by atoms with Crippen molar-refractivity contribution in [3.63, 3.8) is 0 Å². The summed E-state index contributed by atoms with van der Waals surface area (Å²) in [7, 11) is 1.42. The van der Waals surface area contributed by atoms with Crippen molar-refractivity contribution in [1.82, 2.24) is 0 Å². The van der Waals surface area contributed by atoms with Crippen LogP contribution in [0.4, 0.5) is 14.5 Å². The molecule has 4 nitrogen and oxygen atoms in total. The lowest BCUT2D eigenvalue weighted by Gasteiger charge is -2.23.